The zero-order valence-electron chi connectivity index (χ0n) is 17.2. The van der Waals surface area contributed by atoms with Crippen LogP contribution in [0, 0.1) is 0 Å². The Morgan fingerprint density at radius 1 is 1.07 bits per heavy atom. The van der Waals surface area contributed by atoms with E-state index >= 15 is 0 Å². The number of hydrogen-bond acceptors (Lipinski definition) is 6. The van der Waals surface area contributed by atoms with E-state index < -0.39 is 7.60 Å². The van der Waals surface area contributed by atoms with Gasteiger partial charge in [-0.3, -0.25) is 18.5 Å². The van der Waals surface area contributed by atoms with E-state index in [4.69, 9.17) is 9.05 Å². The van der Waals surface area contributed by atoms with Crippen LogP contribution in [-0.2, 0) is 33.7 Å². The summed E-state index contributed by atoms with van der Waals surface area (Å²) in [5.74, 6) is 0. The van der Waals surface area contributed by atoms with Gasteiger partial charge in [0.25, 0.3) is 5.56 Å². The minimum absolute atomic E-state index is 0.299. The van der Waals surface area contributed by atoms with Crippen molar-refractivity contribution in [2.24, 2.45) is 7.05 Å². The quantitative estimate of drug-likeness (QED) is 0.391. The first-order valence-electron chi connectivity index (χ1n) is 9.91. The molecule has 2 heterocycles. The standard InChI is InChI=1S/C18H31N4O5P/c1-5-11-21-14-19-16-15(21)17(23)22(18(24)20(16)4)12-9-8-10-13-27-28(25,7-3)26-6-2/h14H,5-13H2,1-4H3. The third kappa shape index (κ3) is 5.01. The molecule has 28 heavy (non-hydrogen) atoms. The summed E-state index contributed by atoms with van der Waals surface area (Å²) in [6, 6.07) is 0. The fourth-order valence-electron chi connectivity index (χ4n) is 3.10. The lowest BCUT2D eigenvalue weighted by Crippen LogP contribution is -2.39. The minimum atomic E-state index is -2.98. The van der Waals surface area contributed by atoms with Gasteiger partial charge in [-0.25, -0.2) is 9.78 Å². The molecule has 10 heteroatoms. The van der Waals surface area contributed by atoms with Gasteiger partial charge in [-0.05, 0) is 32.6 Å². The van der Waals surface area contributed by atoms with Gasteiger partial charge in [-0.2, -0.15) is 0 Å². The number of rotatable bonds is 12. The maximum absolute atomic E-state index is 12.8. The number of nitrogens with zero attached hydrogens (tertiary/aromatic N) is 4. The minimum Gasteiger partial charge on any atom is -0.325 e. The van der Waals surface area contributed by atoms with Gasteiger partial charge < -0.3 is 13.6 Å². The normalized spacial score (nSPS) is 13.9. The van der Waals surface area contributed by atoms with Gasteiger partial charge in [-0.1, -0.05) is 13.8 Å². The molecule has 0 aliphatic rings. The summed E-state index contributed by atoms with van der Waals surface area (Å²) in [5.41, 5.74) is 0.224. The zero-order chi connectivity index (χ0) is 20.7. The number of imidazole rings is 1. The van der Waals surface area contributed by atoms with E-state index in [1.54, 1.807) is 31.8 Å². The molecule has 0 N–H and O–H groups in total. The molecule has 0 aliphatic heterocycles. The first-order valence-corrected chi connectivity index (χ1v) is 11.6. The van der Waals surface area contributed by atoms with E-state index in [1.807, 2.05) is 6.92 Å². The van der Waals surface area contributed by atoms with Crippen molar-refractivity contribution in [2.45, 2.75) is 59.5 Å². The summed E-state index contributed by atoms with van der Waals surface area (Å²) < 4.78 is 27.3. The highest BCUT2D eigenvalue weighted by Crippen LogP contribution is 2.47. The molecule has 0 radical (unpaired) electrons. The first-order chi connectivity index (χ1) is 13.4. The highest BCUT2D eigenvalue weighted by molar-refractivity contribution is 7.53. The molecular formula is C18H31N4O5P. The Morgan fingerprint density at radius 3 is 2.46 bits per heavy atom. The molecule has 0 fully saturated rings. The fourth-order valence-corrected chi connectivity index (χ4v) is 4.34. The number of aryl methyl sites for hydroxylation is 2. The average Bonchev–Trinajstić information content (AvgIpc) is 3.09. The fraction of sp³-hybridized carbons (Fsp3) is 0.722. The molecule has 9 nitrogen and oxygen atoms in total. The molecule has 2 aromatic heterocycles. The summed E-state index contributed by atoms with van der Waals surface area (Å²) in [6.07, 6.45) is 4.91. The Morgan fingerprint density at radius 2 is 1.82 bits per heavy atom. The SMILES string of the molecule is CCCn1cnc2c1c(=O)n(CCCCCOP(=O)(CC)OCC)c(=O)n2C. The van der Waals surface area contributed by atoms with Crippen molar-refractivity contribution in [2.75, 3.05) is 19.4 Å². The van der Waals surface area contributed by atoms with Crippen LogP contribution in [0.15, 0.2) is 15.9 Å². The van der Waals surface area contributed by atoms with Crippen molar-refractivity contribution in [3.05, 3.63) is 27.2 Å². The van der Waals surface area contributed by atoms with Gasteiger partial charge in [0.2, 0.25) is 0 Å². The predicted octanol–water partition coefficient (Wildman–Crippen LogP) is 2.74. The van der Waals surface area contributed by atoms with Crippen molar-refractivity contribution in [3.8, 4) is 0 Å². The lowest BCUT2D eigenvalue weighted by Gasteiger charge is -2.15. The Hall–Kier alpha value is -1.70. The molecule has 0 saturated heterocycles. The number of hydrogen-bond donors (Lipinski definition) is 0. The van der Waals surface area contributed by atoms with Gasteiger partial charge >= 0.3 is 13.3 Å². The second-order valence-corrected chi connectivity index (χ2v) is 9.02. The molecule has 1 unspecified atom stereocenters. The maximum atomic E-state index is 12.8. The predicted molar refractivity (Wildman–Crippen MR) is 109 cm³/mol. The monoisotopic (exact) mass is 414 g/mol. The molecule has 1 atom stereocenters. The van der Waals surface area contributed by atoms with Crippen LogP contribution in [0.3, 0.4) is 0 Å². The molecule has 158 valence electrons. The summed E-state index contributed by atoms with van der Waals surface area (Å²) in [7, 11) is -1.35. The summed E-state index contributed by atoms with van der Waals surface area (Å²) >= 11 is 0. The van der Waals surface area contributed by atoms with Crippen molar-refractivity contribution in [1.82, 2.24) is 18.7 Å². The Bertz CT molecular complexity index is 946. The van der Waals surface area contributed by atoms with Crippen molar-refractivity contribution in [3.63, 3.8) is 0 Å². The largest absolute Gasteiger partial charge is 0.332 e. The third-order valence-corrected chi connectivity index (χ3v) is 6.60. The molecule has 0 amide bonds. The summed E-state index contributed by atoms with van der Waals surface area (Å²) in [6.45, 7) is 7.28. The van der Waals surface area contributed by atoms with Crippen LogP contribution in [0.1, 0.15) is 46.5 Å². The molecule has 0 bridgehead atoms. The molecule has 0 saturated carbocycles. The zero-order valence-corrected chi connectivity index (χ0v) is 18.1. The van der Waals surface area contributed by atoms with Crippen molar-refractivity contribution in [1.29, 1.82) is 0 Å². The molecule has 0 aromatic carbocycles. The second-order valence-electron chi connectivity index (χ2n) is 6.65. The van der Waals surface area contributed by atoms with Crippen LogP contribution >= 0.6 is 7.60 Å². The van der Waals surface area contributed by atoms with Crippen LogP contribution in [0.4, 0.5) is 0 Å². The van der Waals surface area contributed by atoms with Gasteiger partial charge in [0.05, 0.1) is 19.5 Å². The smallest absolute Gasteiger partial charge is 0.325 e. The van der Waals surface area contributed by atoms with Crippen LogP contribution in [0.25, 0.3) is 11.2 Å². The third-order valence-electron chi connectivity index (χ3n) is 4.59. The highest BCUT2D eigenvalue weighted by Gasteiger charge is 2.20. The molecule has 2 rings (SSSR count). The van der Waals surface area contributed by atoms with Crippen molar-refractivity contribution >= 4 is 18.8 Å². The van der Waals surface area contributed by atoms with Gasteiger partial charge in [0.1, 0.15) is 0 Å². The van der Waals surface area contributed by atoms with E-state index in [0.717, 1.165) is 12.8 Å². The molecule has 2 aromatic rings. The van der Waals surface area contributed by atoms with Crippen LogP contribution in [-0.4, -0.2) is 38.1 Å². The average molecular weight is 414 g/mol. The topological polar surface area (TPSA) is 97.4 Å². The number of unbranched alkanes of at least 4 members (excludes halogenated alkanes) is 2. The first kappa shape index (κ1) is 22.6. The van der Waals surface area contributed by atoms with E-state index in [2.05, 4.69) is 4.98 Å². The Balaban J connectivity index is 2.01. The highest BCUT2D eigenvalue weighted by atomic mass is 31.2. The van der Waals surface area contributed by atoms with Crippen molar-refractivity contribution < 1.29 is 13.6 Å². The van der Waals surface area contributed by atoms with Gasteiger partial charge in [0.15, 0.2) is 11.2 Å². The second kappa shape index (κ2) is 10.2. The maximum Gasteiger partial charge on any atom is 0.332 e. The summed E-state index contributed by atoms with van der Waals surface area (Å²) in [5, 5.41) is 0. The van der Waals surface area contributed by atoms with E-state index in [-0.39, 0.29) is 11.2 Å². The summed E-state index contributed by atoms with van der Waals surface area (Å²) in [4.78, 5) is 29.6. The van der Waals surface area contributed by atoms with Crippen LogP contribution in [0.5, 0.6) is 0 Å². The molecular weight excluding hydrogens is 383 g/mol. The van der Waals surface area contributed by atoms with Crippen LogP contribution < -0.4 is 11.2 Å². The lowest BCUT2D eigenvalue weighted by atomic mass is 10.2. The Kier molecular flexibility index (Phi) is 8.22. The number of aromatic nitrogens is 4. The van der Waals surface area contributed by atoms with E-state index in [0.29, 0.717) is 56.5 Å². The number of fused-ring (bicyclic) bond motifs is 1. The lowest BCUT2D eigenvalue weighted by molar-refractivity contribution is 0.209. The molecule has 0 spiro atoms. The van der Waals surface area contributed by atoms with Crippen LogP contribution in [0.2, 0.25) is 0 Å². The Labute approximate surface area is 164 Å². The molecule has 0 aliphatic carbocycles. The van der Waals surface area contributed by atoms with Gasteiger partial charge in [0, 0.05) is 26.3 Å². The van der Waals surface area contributed by atoms with E-state index in [1.165, 1.54) is 9.13 Å². The van der Waals surface area contributed by atoms with Gasteiger partial charge in [-0.15, -0.1) is 0 Å². The van der Waals surface area contributed by atoms with E-state index in [9.17, 15) is 14.2 Å².